The average Bonchev–Trinajstić information content (AvgIpc) is 1.83. The summed E-state index contributed by atoms with van der Waals surface area (Å²) in [5.74, 6) is 0. The Morgan fingerprint density at radius 3 is 2.50 bits per heavy atom. The van der Waals surface area contributed by atoms with Crippen LogP contribution in [0.15, 0.2) is 5.29 Å². The van der Waals surface area contributed by atoms with Gasteiger partial charge in [0.15, 0.2) is 0 Å². The van der Waals surface area contributed by atoms with E-state index in [-0.39, 0.29) is 19.6 Å². The second kappa shape index (κ2) is 4.20. The summed E-state index contributed by atoms with van der Waals surface area (Å²) in [7, 11) is 0. The van der Waals surface area contributed by atoms with Gasteiger partial charge in [-0.1, -0.05) is 0 Å². The van der Waals surface area contributed by atoms with E-state index in [1.165, 1.54) is 0 Å². The maximum atomic E-state index is 9.65. The number of nitrogens with zero attached hydrogens (tertiary/aromatic N) is 2. The first-order valence-electron chi connectivity index (χ1n) is 2.01. The van der Waals surface area contributed by atoms with E-state index in [4.69, 9.17) is 5.11 Å². The van der Waals surface area contributed by atoms with E-state index in [0.29, 0.717) is 5.01 Å². The van der Waals surface area contributed by atoms with Crippen LogP contribution in [-0.4, -0.2) is 29.7 Å². The molecule has 5 heteroatoms. The summed E-state index contributed by atoms with van der Waals surface area (Å²) in [6.07, 6.45) is 0.253. The molecule has 0 aromatic heterocycles. The second-order valence-electron chi connectivity index (χ2n) is 1.07. The van der Waals surface area contributed by atoms with E-state index >= 15 is 0 Å². The zero-order valence-electron chi connectivity index (χ0n) is 4.15. The van der Waals surface area contributed by atoms with Gasteiger partial charge in [-0.15, -0.1) is 4.91 Å². The Labute approximate surface area is 45.8 Å². The molecule has 0 aliphatic heterocycles. The van der Waals surface area contributed by atoms with E-state index in [1.54, 1.807) is 0 Å². The predicted octanol–water partition coefficient (Wildman–Crippen LogP) is -0.881. The molecule has 0 spiro atoms. The van der Waals surface area contributed by atoms with Crippen molar-refractivity contribution in [2.24, 2.45) is 5.29 Å². The van der Waals surface area contributed by atoms with Crippen molar-refractivity contribution in [3.8, 4) is 0 Å². The summed E-state index contributed by atoms with van der Waals surface area (Å²) < 4.78 is 0. The molecule has 0 aromatic rings. The topological polar surface area (TPSA) is 70.0 Å². The summed E-state index contributed by atoms with van der Waals surface area (Å²) >= 11 is 0. The van der Waals surface area contributed by atoms with Crippen LogP contribution in [0.4, 0.5) is 0 Å². The van der Waals surface area contributed by atoms with Crippen LogP contribution in [0.1, 0.15) is 0 Å². The van der Waals surface area contributed by atoms with Crippen molar-refractivity contribution in [2.75, 3.05) is 13.2 Å². The van der Waals surface area contributed by atoms with Crippen molar-refractivity contribution in [1.82, 2.24) is 5.01 Å². The first-order valence-corrected chi connectivity index (χ1v) is 2.01. The molecule has 46 valence electrons. The van der Waals surface area contributed by atoms with E-state index in [0.717, 1.165) is 0 Å². The van der Waals surface area contributed by atoms with E-state index in [9.17, 15) is 9.70 Å². The van der Waals surface area contributed by atoms with Gasteiger partial charge < -0.3 is 5.11 Å². The molecule has 0 aromatic carbocycles. The molecule has 0 bridgehead atoms. The lowest BCUT2D eigenvalue weighted by atomic mass is 10.7. The van der Waals surface area contributed by atoms with Crippen LogP contribution in [0.25, 0.3) is 0 Å². The molecule has 0 aliphatic rings. The molecule has 0 saturated heterocycles. The van der Waals surface area contributed by atoms with Crippen LogP contribution in [-0.2, 0) is 4.79 Å². The van der Waals surface area contributed by atoms with Crippen molar-refractivity contribution >= 4 is 6.41 Å². The maximum absolute atomic E-state index is 9.65. The minimum atomic E-state index is -0.246. The first kappa shape index (κ1) is 7.03. The molecule has 0 heterocycles. The smallest absolute Gasteiger partial charge is 0.232 e. The second-order valence-corrected chi connectivity index (χ2v) is 1.07. The first-order chi connectivity index (χ1) is 3.85. The van der Waals surface area contributed by atoms with Gasteiger partial charge in [-0.3, -0.25) is 4.79 Å². The Morgan fingerprint density at radius 2 is 2.38 bits per heavy atom. The van der Waals surface area contributed by atoms with Crippen molar-refractivity contribution < 1.29 is 9.90 Å². The Morgan fingerprint density at radius 1 is 1.75 bits per heavy atom. The third-order valence-corrected chi connectivity index (χ3v) is 0.556. The van der Waals surface area contributed by atoms with Gasteiger partial charge >= 0.3 is 0 Å². The van der Waals surface area contributed by atoms with E-state index < -0.39 is 0 Å². The number of aliphatic hydroxyl groups excluding tert-OH is 1. The predicted molar refractivity (Wildman–Crippen MR) is 25.7 cm³/mol. The number of amides is 1. The Balaban J connectivity index is 3.35. The van der Waals surface area contributed by atoms with Crippen molar-refractivity contribution in [2.45, 2.75) is 0 Å². The average molecular weight is 118 g/mol. The largest absolute Gasteiger partial charge is 0.394 e. The lowest BCUT2D eigenvalue weighted by molar-refractivity contribution is -0.118. The summed E-state index contributed by atoms with van der Waals surface area (Å²) in [5, 5.41) is 10.9. The Hall–Kier alpha value is -0.970. The molecule has 1 N–H and O–H groups in total. The van der Waals surface area contributed by atoms with Crippen molar-refractivity contribution in [1.29, 1.82) is 0 Å². The molecule has 0 saturated carbocycles. The molecule has 0 rings (SSSR count). The summed E-state index contributed by atoms with van der Waals surface area (Å²) in [5.41, 5.74) is 0. The molecule has 0 fully saturated rings. The fourth-order valence-corrected chi connectivity index (χ4v) is 0.215. The van der Waals surface area contributed by atoms with Crippen LogP contribution >= 0.6 is 0 Å². The highest BCUT2D eigenvalue weighted by molar-refractivity contribution is 5.45. The molecule has 0 radical (unpaired) electrons. The highest BCUT2D eigenvalue weighted by Crippen LogP contribution is 1.78. The summed E-state index contributed by atoms with van der Waals surface area (Å²) in [6.45, 7) is -0.280. The summed E-state index contributed by atoms with van der Waals surface area (Å²) in [6, 6.07) is 0. The molecule has 5 nitrogen and oxygen atoms in total. The van der Waals surface area contributed by atoms with E-state index in [1.807, 2.05) is 0 Å². The number of carbonyl (C=O) groups excluding carboxylic acids is 1. The van der Waals surface area contributed by atoms with Gasteiger partial charge in [-0.2, -0.15) is 5.01 Å². The minimum absolute atomic E-state index is 0.0347. The third kappa shape index (κ3) is 2.25. The van der Waals surface area contributed by atoms with Gasteiger partial charge in [-0.05, 0) is 0 Å². The van der Waals surface area contributed by atoms with Gasteiger partial charge in [-0.25, -0.2) is 0 Å². The van der Waals surface area contributed by atoms with Gasteiger partial charge in [0.05, 0.1) is 18.4 Å². The van der Waals surface area contributed by atoms with Crippen LogP contribution in [0.3, 0.4) is 0 Å². The highest BCUT2D eigenvalue weighted by Gasteiger charge is 1.94. The maximum Gasteiger partial charge on any atom is 0.232 e. The van der Waals surface area contributed by atoms with Gasteiger partial charge in [0, 0.05) is 0 Å². The van der Waals surface area contributed by atoms with Crippen LogP contribution in [0, 0.1) is 4.91 Å². The number of rotatable bonds is 4. The van der Waals surface area contributed by atoms with Gasteiger partial charge in [0.1, 0.15) is 0 Å². The third-order valence-electron chi connectivity index (χ3n) is 0.556. The molecule has 0 atom stereocenters. The number of hydrogen-bond donors (Lipinski definition) is 1. The lowest BCUT2D eigenvalue weighted by Gasteiger charge is -2.00. The fourth-order valence-electron chi connectivity index (χ4n) is 0.215. The fraction of sp³-hybridized carbons (Fsp3) is 0.667. The normalized spacial score (nSPS) is 8.12. The monoisotopic (exact) mass is 118 g/mol. The minimum Gasteiger partial charge on any atom is -0.394 e. The molecule has 8 heavy (non-hydrogen) atoms. The molecule has 0 unspecified atom stereocenters. The number of aliphatic hydroxyl groups is 1. The zero-order chi connectivity index (χ0) is 6.41. The Bertz CT molecular complexity index is 76.6. The summed E-state index contributed by atoms with van der Waals surface area (Å²) in [4.78, 5) is 19.1. The quantitative estimate of drug-likeness (QED) is 0.296. The van der Waals surface area contributed by atoms with Crippen molar-refractivity contribution in [3.05, 3.63) is 4.91 Å². The molecular formula is C3H6N2O3. The standard InChI is InChI=1S/C3H6N2O3/c6-2-1-5(3-7)4-8/h3,6H,1-2H2. The van der Waals surface area contributed by atoms with Crippen LogP contribution in [0.5, 0.6) is 0 Å². The van der Waals surface area contributed by atoms with Gasteiger partial charge in [0.25, 0.3) is 0 Å². The van der Waals surface area contributed by atoms with Crippen LogP contribution in [0.2, 0.25) is 0 Å². The number of nitroso groups, excluding NO2 is 1. The van der Waals surface area contributed by atoms with Crippen molar-refractivity contribution in [3.63, 3.8) is 0 Å². The molecule has 0 aliphatic carbocycles. The number of carbonyl (C=O) groups is 1. The number of hydrogen-bond acceptors (Lipinski definition) is 4. The molecular weight excluding hydrogens is 112 g/mol. The Kier molecular flexibility index (Phi) is 3.69. The van der Waals surface area contributed by atoms with Crippen LogP contribution < -0.4 is 0 Å². The van der Waals surface area contributed by atoms with Gasteiger partial charge in [0.2, 0.25) is 6.41 Å². The van der Waals surface area contributed by atoms with E-state index in [2.05, 4.69) is 5.29 Å². The zero-order valence-corrected chi connectivity index (χ0v) is 4.15. The molecule has 1 amide bonds. The highest BCUT2D eigenvalue weighted by atomic mass is 16.3. The SMILES string of the molecule is O=CN(CCO)N=O. The lowest BCUT2D eigenvalue weighted by Crippen LogP contribution is -2.17.